The number of rotatable bonds is 8. The Hall–Kier alpha value is -3.56. The molecule has 2 N–H and O–H groups in total. The zero-order valence-corrected chi connectivity index (χ0v) is 22.3. The molecule has 0 saturated carbocycles. The number of nitrogens with one attached hydrogen (secondary N) is 2. The summed E-state index contributed by atoms with van der Waals surface area (Å²) in [4.78, 5) is 16.0. The van der Waals surface area contributed by atoms with Crippen molar-refractivity contribution in [3.8, 4) is 34.4 Å². The number of carbonyl (C=O) groups is 1. The highest BCUT2D eigenvalue weighted by Gasteiger charge is 2.30. The molecule has 0 unspecified atom stereocenters. The first kappa shape index (κ1) is 25.7. The lowest BCUT2D eigenvalue weighted by Gasteiger charge is -2.21. The predicted octanol–water partition coefficient (Wildman–Crippen LogP) is 4.76. The average Bonchev–Trinajstić information content (AvgIpc) is 3.56. The molecule has 39 heavy (non-hydrogen) atoms. The van der Waals surface area contributed by atoms with Crippen molar-refractivity contribution in [2.45, 2.75) is 44.4 Å². The molecule has 10 heteroatoms. The van der Waals surface area contributed by atoms with Gasteiger partial charge in [0.25, 0.3) is 0 Å². The number of aromatic nitrogens is 1. The van der Waals surface area contributed by atoms with Gasteiger partial charge in [-0.05, 0) is 54.2 Å². The number of pyridine rings is 1. The van der Waals surface area contributed by atoms with Gasteiger partial charge in [-0.25, -0.2) is 4.39 Å². The Morgan fingerprint density at radius 2 is 2.00 bits per heavy atom. The minimum Gasteiger partial charge on any atom is -0.486 e. The summed E-state index contributed by atoms with van der Waals surface area (Å²) in [6, 6.07) is 11.2. The number of nitrogens with zero attached hydrogens (tertiary/aromatic N) is 1. The van der Waals surface area contributed by atoms with Crippen molar-refractivity contribution < 1.29 is 28.1 Å². The van der Waals surface area contributed by atoms with Crippen LogP contribution in [-0.4, -0.2) is 43.8 Å². The SMILES string of the molecule is COc1nc(O[C@H]2CCc3c(-c4ccc5c(c4F)OCCO5)cccc32)c(Cl)cc1CNC[C@@H]1CCC(=O)N1. The first-order chi connectivity index (χ1) is 19.0. The monoisotopic (exact) mass is 553 g/mol. The lowest BCUT2D eigenvalue weighted by atomic mass is 9.96. The summed E-state index contributed by atoms with van der Waals surface area (Å²) in [6.45, 7) is 1.86. The van der Waals surface area contributed by atoms with E-state index in [0.717, 1.165) is 35.1 Å². The topological polar surface area (TPSA) is 90.9 Å². The van der Waals surface area contributed by atoms with Gasteiger partial charge in [-0.2, -0.15) is 4.98 Å². The summed E-state index contributed by atoms with van der Waals surface area (Å²) in [5.74, 6) is 0.959. The van der Waals surface area contributed by atoms with E-state index < -0.39 is 5.82 Å². The Bertz CT molecular complexity index is 1420. The van der Waals surface area contributed by atoms with Gasteiger partial charge in [-0.1, -0.05) is 29.8 Å². The third-order valence-corrected chi connectivity index (χ3v) is 7.65. The van der Waals surface area contributed by atoms with E-state index in [-0.39, 0.29) is 29.7 Å². The van der Waals surface area contributed by atoms with E-state index >= 15 is 4.39 Å². The van der Waals surface area contributed by atoms with Crippen LogP contribution in [0.1, 0.15) is 42.1 Å². The number of hydrogen-bond acceptors (Lipinski definition) is 7. The van der Waals surface area contributed by atoms with Gasteiger partial charge in [0, 0.05) is 36.7 Å². The fourth-order valence-corrected chi connectivity index (χ4v) is 5.73. The minimum absolute atomic E-state index is 0.0858. The number of fused-ring (bicyclic) bond motifs is 2. The lowest BCUT2D eigenvalue weighted by Crippen LogP contribution is -2.35. The molecule has 1 fully saturated rings. The van der Waals surface area contributed by atoms with E-state index in [1.807, 2.05) is 18.2 Å². The molecule has 3 aromatic rings. The minimum atomic E-state index is -0.418. The molecule has 1 amide bonds. The van der Waals surface area contributed by atoms with Crippen LogP contribution < -0.4 is 29.6 Å². The number of methoxy groups -OCH3 is 1. The highest BCUT2D eigenvalue weighted by atomic mass is 35.5. The Morgan fingerprint density at radius 3 is 2.82 bits per heavy atom. The van der Waals surface area contributed by atoms with E-state index in [2.05, 4.69) is 15.6 Å². The molecular weight excluding hydrogens is 525 g/mol. The third kappa shape index (κ3) is 5.08. The van der Waals surface area contributed by atoms with Crippen molar-refractivity contribution in [2.24, 2.45) is 0 Å². The van der Waals surface area contributed by atoms with Crippen LogP contribution in [0.3, 0.4) is 0 Å². The molecule has 1 aliphatic carbocycles. The van der Waals surface area contributed by atoms with Gasteiger partial charge in [-0.15, -0.1) is 0 Å². The number of ether oxygens (including phenoxy) is 4. The van der Waals surface area contributed by atoms with Crippen molar-refractivity contribution >= 4 is 17.5 Å². The quantitative estimate of drug-likeness (QED) is 0.416. The van der Waals surface area contributed by atoms with Crippen molar-refractivity contribution in [3.63, 3.8) is 0 Å². The molecule has 8 nitrogen and oxygen atoms in total. The van der Waals surface area contributed by atoms with Crippen LogP contribution >= 0.6 is 11.6 Å². The van der Waals surface area contributed by atoms with Crippen molar-refractivity contribution in [2.75, 3.05) is 26.9 Å². The van der Waals surface area contributed by atoms with Gasteiger partial charge in [0.2, 0.25) is 17.7 Å². The highest BCUT2D eigenvalue weighted by molar-refractivity contribution is 6.31. The maximum atomic E-state index is 15.4. The molecule has 3 heterocycles. The molecule has 0 spiro atoms. The number of carbonyl (C=O) groups excluding carboxylic acids is 1. The molecule has 1 aromatic heterocycles. The Balaban J connectivity index is 1.20. The zero-order valence-electron chi connectivity index (χ0n) is 21.5. The molecule has 3 aliphatic rings. The van der Waals surface area contributed by atoms with Crippen molar-refractivity contribution in [1.29, 1.82) is 0 Å². The summed E-state index contributed by atoms with van der Waals surface area (Å²) in [7, 11) is 1.56. The Labute approximate surface area is 230 Å². The molecule has 0 radical (unpaired) electrons. The van der Waals surface area contributed by atoms with Crippen LogP contribution in [0, 0.1) is 5.82 Å². The van der Waals surface area contributed by atoms with E-state index in [0.29, 0.717) is 61.4 Å². The van der Waals surface area contributed by atoms with E-state index in [4.69, 9.17) is 30.5 Å². The molecule has 0 bridgehead atoms. The smallest absolute Gasteiger partial charge is 0.236 e. The fraction of sp³-hybridized carbons (Fsp3) is 0.379. The van der Waals surface area contributed by atoms with Gasteiger partial charge < -0.3 is 29.6 Å². The van der Waals surface area contributed by atoms with Crippen LogP contribution in [-0.2, 0) is 17.8 Å². The summed E-state index contributed by atoms with van der Waals surface area (Å²) < 4.78 is 38.3. The number of halogens is 2. The first-order valence-electron chi connectivity index (χ1n) is 13.1. The average molecular weight is 554 g/mol. The van der Waals surface area contributed by atoms with Crippen LogP contribution in [0.15, 0.2) is 36.4 Å². The van der Waals surface area contributed by atoms with E-state index in [1.54, 1.807) is 25.3 Å². The molecule has 2 atom stereocenters. The highest BCUT2D eigenvalue weighted by Crippen LogP contribution is 2.44. The van der Waals surface area contributed by atoms with Crippen LogP contribution in [0.25, 0.3) is 11.1 Å². The second-order valence-electron chi connectivity index (χ2n) is 9.85. The third-order valence-electron chi connectivity index (χ3n) is 7.38. The number of hydrogen-bond donors (Lipinski definition) is 2. The normalized spacial score (nSPS) is 19.5. The molecule has 204 valence electrons. The molecule has 2 aromatic carbocycles. The number of amides is 1. The Kier molecular flexibility index (Phi) is 7.18. The maximum absolute atomic E-state index is 15.4. The van der Waals surface area contributed by atoms with Crippen LogP contribution in [0.4, 0.5) is 4.39 Å². The van der Waals surface area contributed by atoms with Gasteiger partial charge in [0.05, 0.1) is 7.11 Å². The molecular formula is C29H29ClFN3O5. The summed E-state index contributed by atoms with van der Waals surface area (Å²) >= 11 is 6.60. The first-order valence-corrected chi connectivity index (χ1v) is 13.5. The lowest BCUT2D eigenvalue weighted by molar-refractivity contribution is -0.119. The fourth-order valence-electron chi connectivity index (χ4n) is 5.51. The van der Waals surface area contributed by atoms with Crippen LogP contribution in [0.2, 0.25) is 5.02 Å². The predicted molar refractivity (Wildman–Crippen MR) is 143 cm³/mol. The zero-order chi connectivity index (χ0) is 26.9. The second-order valence-corrected chi connectivity index (χ2v) is 10.3. The number of benzene rings is 2. The van der Waals surface area contributed by atoms with Gasteiger partial charge >= 0.3 is 0 Å². The van der Waals surface area contributed by atoms with Crippen molar-refractivity contribution in [1.82, 2.24) is 15.6 Å². The second kappa shape index (κ2) is 10.9. The van der Waals surface area contributed by atoms with E-state index in [1.165, 1.54) is 0 Å². The maximum Gasteiger partial charge on any atom is 0.236 e. The van der Waals surface area contributed by atoms with Gasteiger partial charge in [-0.3, -0.25) is 4.79 Å². The summed E-state index contributed by atoms with van der Waals surface area (Å²) in [5, 5.41) is 6.66. The Morgan fingerprint density at radius 1 is 1.13 bits per heavy atom. The standard InChI is InChI=1S/C29H29ClFN3O5/c1-36-28-16(14-32-15-17-5-10-25(35)33-17)13-22(30)29(34-28)39-23-8-6-19-18(3-2-4-20(19)23)21-7-9-24-27(26(21)31)38-12-11-37-24/h2-4,7,9,13,17,23,32H,5-6,8,10-12,14-15H2,1H3,(H,33,35)/t17-,23-/m0/s1. The largest absolute Gasteiger partial charge is 0.486 e. The van der Waals surface area contributed by atoms with Crippen molar-refractivity contribution in [3.05, 3.63) is 63.9 Å². The van der Waals surface area contributed by atoms with Gasteiger partial charge in [0.15, 0.2) is 17.3 Å². The molecule has 1 saturated heterocycles. The van der Waals surface area contributed by atoms with Gasteiger partial charge in [0.1, 0.15) is 24.3 Å². The van der Waals surface area contributed by atoms with Crippen LogP contribution in [0.5, 0.6) is 23.3 Å². The molecule has 2 aliphatic heterocycles. The molecule has 6 rings (SSSR count). The van der Waals surface area contributed by atoms with E-state index in [9.17, 15) is 4.79 Å². The summed E-state index contributed by atoms with van der Waals surface area (Å²) in [6.07, 6.45) is 2.52. The summed E-state index contributed by atoms with van der Waals surface area (Å²) in [5.41, 5.74) is 4.08.